The second-order valence-corrected chi connectivity index (χ2v) is 8.44. The van der Waals surface area contributed by atoms with E-state index in [9.17, 15) is 0 Å². The Labute approximate surface area is 178 Å². The maximum absolute atomic E-state index is 5.86. The van der Waals surface area contributed by atoms with Gasteiger partial charge in [0.05, 0.1) is 24.9 Å². The minimum Gasteiger partial charge on any atom is -0.490 e. The fourth-order valence-electron chi connectivity index (χ4n) is 3.58. The van der Waals surface area contributed by atoms with Crippen LogP contribution in [0.2, 0.25) is 0 Å². The molecule has 1 aliphatic rings. The van der Waals surface area contributed by atoms with Gasteiger partial charge in [0, 0.05) is 29.6 Å². The number of benzene rings is 2. The van der Waals surface area contributed by atoms with Gasteiger partial charge in [-0.25, -0.2) is 0 Å². The van der Waals surface area contributed by atoms with Crippen LogP contribution in [-0.2, 0) is 6.42 Å². The summed E-state index contributed by atoms with van der Waals surface area (Å²) < 4.78 is 13.8. The largest absolute Gasteiger partial charge is 0.490 e. The van der Waals surface area contributed by atoms with Crippen molar-refractivity contribution in [3.63, 3.8) is 0 Å². The highest BCUT2D eigenvalue weighted by Crippen LogP contribution is 2.41. The van der Waals surface area contributed by atoms with Crippen molar-refractivity contribution in [3.8, 4) is 11.5 Å². The molecule has 1 atom stereocenters. The monoisotopic (exact) mass is 496 g/mol. The quantitative estimate of drug-likeness (QED) is 0.586. The average molecular weight is 498 g/mol. The zero-order chi connectivity index (χ0) is 19.6. The standard InChI is InChI=1S/C21H26Br2N2O2/c1-5-26-18-11-13-7-8-24-20(15(13)12-19(18)27-6-2)14-9-16(22)21(25(3)4)17(23)10-14/h9-12,20,24H,5-8H2,1-4H3. The van der Waals surface area contributed by atoms with E-state index in [-0.39, 0.29) is 6.04 Å². The molecule has 0 amide bonds. The maximum Gasteiger partial charge on any atom is 0.161 e. The number of anilines is 1. The lowest BCUT2D eigenvalue weighted by atomic mass is 9.89. The Morgan fingerprint density at radius 3 is 2.15 bits per heavy atom. The molecule has 0 saturated heterocycles. The van der Waals surface area contributed by atoms with Crippen LogP contribution in [0.3, 0.4) is 0 Å². The Balaban J connectivity index is 2.07. The molecular weight excluding hydrogens is 472 g/mol. The van der Waals surface area contributed by atoms with Crippen LogP contribution in [-0.4, -0.2) is 33.9 Å². The maximum atomic E-state index is 5.86. The molecule has 0 spiro atoms. The van der Waals surface area contributed by atoms with Gasteiger partial charge in [-0.3, -0.25) is 0 Å². The molecule has 146 valence electrons. The van der Waals surface area contributed by atoms with Gasteiger partial charge in [0.15, 0.2) is 11.5 Å². The zero-order valence-electron chi connectivity index (χ0n) is 16.2. The van der Waals surface area contributed by atoms with Gasteiger partial charge in [-0.05, 0) is 93.1 Å². The summed E-state index contributed by atoms with van der Waals surface area (Å²) in [7, 11) is 4.09. The summed E-state index contributed by atoms with van der Waals surface area (Å²) >= 11 is 7.46. The van der Waals surface area contributed by atoms with E-state index in [0.717, 1.165) is 39.1 Å². The van der Waals surface area contributed by atoms with Crippen LogP contribution >= 0.6 is 31.9 Å². The number of ether oxygens (including phenoxy) is 2. The Morgan fingerprint density at radius 2 is 1.59 bits per heavy atom. The molecule has 27 heavy (non-hydrogen) atoms. The SMILES string of the molecule is CCOc1cc2c(cc1OCC)C(c1cc(Br)c(N(C)C)c(Br)c1)NCC2. The number of halogens is 2. The molecule has 1 unspecified atom stereocenters. The highest BCUT2D eigenvalue weighted by Gasteiger charge is 2.25. The molecule has 6 heteroatoms. The molecule has 1 aliphatic heterocycles. The lowest BCUT2D eigenvalue weighted by Crippen LogP contribution is -2.30. The number of nitrogens with one attached hydrogen (secondary N) is 1. The van der Waals surface area contributed by atoms with Crippen molar-refractivity contribution in [2.45, 2.75) is 26.3 Å². The molecule has 0 bridgehead atoms. The zero-order valence-corrected chi connectivity index (χ0v) is 19.4. The van der Waals surface area contributed by atoms with Crippen LogP contribution in [0.5, 0.6) is 11.5 Å². The Hall–Kier alpha value is -1.24. The van der Waals surface area contributed by atoms with Crippen molar-refractivity contribution in [1.29, 1.82) is 0 Å². The second kappa shape index (κ2) is 8.84. The molecular formula is C21H26Br2N2O2. The van der Waals surface area contributed by atoms with Crippen LogP contribution in [0.25, 0.3) is 0 Å². The van der Waals surface area contributed by atoms with Crippen LogP contribution in [0.15, 0.2) is 33.2 Å². The third kappa shape index (κ3) is 4.28. The Kier molecular flexibility index (Phi) is 6.71. The minimum atomic E-state index is 0.118. The van der Waals surface area contributed by atoms with E-state index in [4.69, 9.17) is 9.47 Å². The average Bonchev–Trinajstić information content (AvgIpc) is 2.61. The van der Waals surface area contributed by atoms with E-state index in [1.165, 1.54) is 16.7 Å². The number of nitrogens with zero attached hydrogens (tertiary/aromatic N) is 1. The summed E-state index contributed by atoms with van der Waals surface area (Å²) in [6.07, 6.45) is 0.983. The van der Waals surface area contributed by atoms with Gasteiger partial charge < -0.3 is 19.7 Å². The van der Waals surface area contributed by atoms with E-state index < -0.39 is 0 Å². The van der Waals surface area contributed by atoms with Crippen LogP contribution in [0.4, 0.5) is 5.69 Å². The second-order valence-electron chi connectivity index (χ2n) is 6.73. The molecule has 0 saturated carbocycles. The summed E-state index contributed by atoms with van der Waals surface area (Å²) in [6, 6.07) is 8.80. The van der Waals surface area contributed by atoms with Gasteiger partial charge in [-0.2, -0.15) is 0 Å². The molecule has 0 aliphatic carbocycles. The fraction of sp³-hybridized carbons (Fsp3) is 0.429. The number of hydrogen-bond acceptors (Lipinski definition) is 4. The molecule has 0 fully saturated rings. The first kappa shape index (κ1) is 20.5. The summed E-state index contributed by atoms with van der Waals surface area (Å²) in [6.45, 7) is 6.18. The molecule has 2 aromatic rings. The number of fused-ring (bicyclic) bond motifs is 1. The Bertz CT molecular complexity index is 801. The van der Waals surface area contributed by atoms with Crippen molar-refractivity contribution in [2.75, 3.05) is 38.8 Å². The van der Waals surface area contributed by atoms with Crippen LogP contribution < -0.4 is 19.7 Å². The number of rotatable bonds is 6. The van der Waals surface area contributed by atoms with E-state index in [2.05, 4.69) is 66.3 Å². The van der Waals surface area contributed by atoms with Gasteiger partial charge in [0.25, 0.3) is 0 Å². The van der Waals surface area contributed by atoms with Crippen LogP contribution in [0, 0.1) is 0 Å². The van der Waals surface area contributed by atoms with Gasteiger partial charge >= 0.3 is 0 Å². The van der Waals surface area contributed by atoms with E-state index >= 15 is 0 Å². The topological polar surface area (TPSA) is 33.7 Å². The van der Waals surface area contributed by atoms with Gasteiger partial charge in [-0.1, -0.05) is 0 Å². The van der Waals surface area contributed by atoms with Crippen molar-refractivity contribution >= 4 is 37.5 Å². The predicted molar refractivity (Wildman–Crippen MR) is 118 cm³/mol. The van der Waals surface area contributed by atoms with Crippen molar-refractivity contribution < 1.29 is 9.47 Å². The fourth-order valence-corrected chi connectivity index (χ4v) is 5.51. The molecule has 3 rings (SSSR count). The van der Waals surface area contributed by atoms with Gasteiger partial charge in [0.2, 0.25) is 0 Å². The van der Waals surface area contributed by atoms with Crippen molar-refractivity contribution in [1.82, 2.24) is 5.32 Å². The van der Waals surface area contributed by atoms with E-state index in [1.807, 2.05) is 27.9 Å². The summed E-state index contributed by atoms with van der Waals surface area (Å²) in [4.78, 5) is 2.10. The highest BCUT2D eigenvalue weighted by molar-refractivity contribution is 9.11. The van der Waals surface area contributed by atoms with E-state index in [1.54, 1.807) is 0 Å². The van der Waals surface area contributed by atoms with Gasteiger partial charge in [0.1, 0.15) is 0 Å². The van der Waals surface area contributed by atoms with Crippen molar-refractivity contribution in [2.24, 2.45) is 0 Å². The molecule has 0 aromatic heterocycles. The summed E-state index contributed by atoms with van der Waals surface area (Å²) in [5, 5.41) is 3.66. The third-order valence-corrected chi connectivity index (χ3v) is 5.89. The minimum absolute atomic E-state index is 0.118. The molecule has 0 radical (unpaired) electrons. The van der Waals surface area contributed by atoms with Crippen LogP contribution in [0.1, 0.15) is 36.6 Å². The Morgan fingerprint density at radius 1 is 1.00 bits per heavy atom. The first-order valence-corrected chi connectivity index (χ1v) is 10.9. The summed E-state index contributed by atoms with van der Waals surface area (Å²) in [5.74, 6) is 1.65. The lowest BCUT2D eigenvalue weighted by Gasteiger charge is -2.30. The molecule has 4 nitrogen and oxygen atoms in total. The third-order valence-electron chi connectivity index (χ3n) is 4.68. The lowest BCUT2D eigenvalue weighted by molar-refractivity contribution is 0.286. The molecule has 1 N–H and O–H groups in total. The normalized spacial score (nSPS) is 16.0. The summed E-state index contributed by atoms with van der Waals surface area (Å²) in [5.41, 5.74) is 4.92. The molecule has 1 heterocycles. The predicted octanol–water partition coefficient (Wildman–Crippen LogP) is 5.31. The first-order valence-electron chi connectivity index (χ1n) is 9.28. The van der Waals surface area contributed by atoms with E-state index in [0.29, 0.717) is 13.2 Å². The molecule has 2 aromatic carbocycles. The van der Waals surface area contributed by atoms with Gasteiger partial charge in [-0.15, -0.1) is 0 Å². The number of hydrogen-bond donors (Lipinski definition) is 1. The smallest absolute Gasteiger partial charge is 0.161 e. The van der Waals surface area contributed by atoms with Crippen molar-refractivity contribution in [3.05, 3.63) is 49.9 Å². The first-order chi connectivity index (χ1) is 13.0. The highest BCUT2D eigenvalue weighted by atomic mass is 79.9.